The maximum Gasteiger partial charge on any atom is 0.490 e. The zero-order chi connectivity index (χ0) is 22.8. The van der Waals surface area contributed by atoms with Gasteiger partial charge in [0.2, 0.25) is 6.10 Å². The zero-order valence-corrected chi connectivity index (χ0v) is 16.5. The van der Waals surface area contributed by atoms with E-state index in [-0.39, 0.29) is 24.8 Å². The highest BCUT2D eigenvalue weighted by molar-refractivity contribution is 5.88. The molecule has 7 nitrogen and oxygen atoms in total. The summed E-state index contributed by atoms with van der Waals surface area (Å²) in [5.74, 6) is -3.43. The van der Waals surface area contributed by atoms with Gasteiger partial charge in [-0.25, -0.2) is 4.79 Å². The number of hydrogen-bond acceptors (Lipinski definition) is 6. The molecule has 1 amide bonds. The van der Waals surface area contributed by atoms with E-state index in [1.54, 1.807) is 12.1 Å². The second kappa shape index (κ2) is 9.11. The lowest BCUT2D eigenvalue weighted by atomic mass is 9.83. The number of benzene rings is 2. The Hall–Kier alpha value is -2.85. The molecule has 0 radical (unpaired) electrons. The van der Waals surface area contributed by atoms with Crippen LogP contribution >= 0.6 is 0 Å². The van der Waals surface area contributed by atoms with Crippen molar-refractivity contribution < 1.29 is 37.7 Å². The third kappa shape index (κ3) is 4.91. The lowest BCUT2D eigenvalue weighted by Crippen LogP contribution is -2.48. The zero-order valence-electron chi connectivity index (χ0n) is 16.5. The van der Waals surface area contributed by atoms with E-state index < -0.39 is 36.8 Å². The quantitative estimate of drug-likeness (QED) is 0.615. The first-order chi connectivity index (χ1) is 14.6. The van der Waals surface area contributed by atoms with Crippen molar-refractivity contribution in [2.45, 2.75) is 31.2 Å². The Morgan fingerprint density at radius 2 is 1.81 bits per heavy atom. The van der Waals surface area contributed by atoms with Crippen LogP contribution in [0.4, 0.5) is 13.2 Å². The predicted molar refractivity (Wildman–Crippen MR) is 105 cm³/mol. The molecule has 0 unspecified atom stereocenters. The Kier molecular flexibility index (Phi) is 6.71. The van der Waals surface area contributed by atoms with Crippen molar-refractivity contribution in [3.8, 4) is 5.75 Å². The molecule has 1 aliphatic heterocycles. The molecule has 0 bridgehead atoms. The van der Waals surface area contributed by atoms with Gasteiger partial charge in [-0.1, -0.05) is 30.3 Å². The van der Waals surface area contributed by atoms with Gasteiger partial charge in [0.25, 0.3) is 5.91 Å². The number of nitrogens with two attached hydrogens (primary N) is 1. The highest BCUT2D eigenvalue weighted by Gasteiger charge is 2.44. The Labute approximate surface area is 176 Å². The fraction of sp³-hybridized carbons (Fsp3) is 0.429. The molecule has 4 N–H and O–H groups in total. The second-order valence-electron chi connectivity index (χ2n) is 7.48. The van der Waals surface area contributed by atoms with E-state index in [4.69, 9.17) is 5.73 Å². The van der Waals surface area contributed by atoms with Crippen molar-refractivity contribution in [1.29, 1.82) is 0 Å². The molecule has 1 fully saturated rings. The minimum atomic E-state index is -5.26. The number of carbonyl (C=O) groups excluding carboxylic acids is 2. The van der Waals surface area contributed by atoms with Gasteiger partial charge in [0.05, 0.1) is 6.61 Å². The van der Waals surface area contributed by atoms with Crippen molar-refractivity contribution in [2.24, 2.45) is 11.7 Å². The molecule has 2 atom stereocenters. The summed E-state index contributed by atoms with van der Waals surface area (Å²) in [4.78, 5) is 24.7. The van der Waals surface area contributed by atoms with Crippen molar-refractivity contribution >= 4 is 22.6 Å². The fourth-order valence-electron chi connectivity index (χ4n) is 3.91. The Morgan fingerprint density at radius 1 is 1.16 bits per heavy atom. The number of aliphatic hydroxyl groups excluding tert-OH is 1. The Balaban J connectivity index is 1.67. The van der Waals surface area contributed by atoms with Gasteiger partial charge in [0.1, 0.15) is 5.75 Å². The first-order valence-electron chi connectivity index (χ1n) is 9.77. The number of ether oxygens (including phenoxy) is 1. The van der Waals surface area contributed by atoms with Gasteiger partial charge in [0.15, 0.2) is 0 Å². The van der Waals surface area contributed by atoms with Gasteiger partial charge in [-0.05, 0) is 35.6 Å². The number of phenols is 1. The average molecular weight is 440 g/mol. The van der Waals surface area contributed by atoms with Gasteiger partial charge in [-0.15, -0.1) is 0 Å². The maximum atomic E-state index is 12.4. The van der Waals surface area contributed by atoms with Gasteiger partial charge in [-0.3, -0.25) is 4.79 Å². The number of rotatable bonds is 5. The number of esters is 1. The van der Waals surface area contributed by atoms with Crippen LogP contribution < -0.4 is 5.73 Å². The number of carbonyl (C=O) groups is 2. The van der Waals surface area contributed by atoms with Crippen LogP contribution in [0.2, 0.25) is 0 Å². The molecule has 0 aromatic heterocycles. The molecule has 0 spiro atoms. The minimum absolute atomic E-state index is 0.0733. The average Bonchev–Trinajstić information content (AvgIpc) is 2.75. The van der Waals surface area contributed by atoms with Gasteiger partial charge in [-0.2, -0.15) is 13.2 Å². The van der Waals surface area contributed by atoms with Gasteiger partial charge in [0, 0.05) is 24.7 Å². The molecule has 2 aromatic carbocycles. The minimum Gasteiger partial charge on any atom is -0.508 e. The molecule has 1 heterocycles. The highest BCUT2D eigenvalue weighted by atomic mass is 19.4. The smallest absolute Gasteiger partial charge is 0.490 e. The van der Waals surface area contributed by atoms with Crippen LogP contribution in [0, 0.1) is 5.92 Å². The van der Waals surface area contributed by atoms with Crippen LogP contribution in [-0.2, 0) is 14.3 Å². The SMILES string of the molecule is N[C@@H](c1c(O)ccc2ccccc12)C1CCN(C(=O)[C@@H](CO)OC(=O)C(F)(F)F)CC1. The van der Waals surface area contributed by atoms with Gasteiger partial charge >= 0.3 is 12.1 Å². The van der Waals surface area contributed by atoms with E-state index in [1.807, 2.05) is 24.3 Å². The number of fused-ring (bicyclic) bond motifs is 1. The van der Waals surface area contributed by atoms with Crippen LogP contribution in [-0.4, -0.2) is 59.0 Å². The molecule has 31 heavy (non-hydrogen) atoms. The van der Waals surface area contributed by atoms with E-state index in [0.717, 1.165) is 10.8 Å². The molecule has 10 heteroatoms. The first kappa shape index (κ1) is 22.8. The number of halogens is 3. The summed E-state index contributed by atoms with van der Waals surface area (Å²) in [7, 11) is 0. The topological polar surface area (TPSA) is 113 Å². The standard InChI is InChI=1S/C21H23F3N2O5/c22-21(23,24)20(30)31-16(11-27)19(29)26-9-7-13(8-10-26)18(25)17-14-4-2-1-3-12(14)5-6-15(17)28/h1-6,13,16,18,27-28H,7-11,25H2/t16-,18-/m1/s1. The lowest BCUT2D eigenvalue weighted by Gasteiger charge is -2.36. The summed E-state index contributed by atoms with van der Waals surface area (Å²) < 4.78 is 41.3. The summed E-state index contributed by atoms with van der Waals surface area (Å²) in [6.07, 6.45) is -6.31. The third-order valence-corrected chi connectivity index (χ3v) is 5.56. The highest BCUT2D eigenvalue weighted by Crippen LogP contribution is 2.38. The summed E-state index contributed by atoms with van der Waals surface area (Å²) in [6.45, 7) is -0.713. The molecule has 1 saturated heterocycles. The third-order valence-electron chi connectivity index (χ3n) is 5.56. The number of nitrogens with zero attached hydrogens (tertiary/aromatic N) is 1. The van der Waals surface area contributed by atoms with E-state index in [2.05, 4.69) is 4.74 Å². The second-order valence-corrected chi connectivity index (χ2v) is 7.48. The Bertz CT molecular complexity index is 958. The molecule has 168 valence electrons. The Morgan fingerprint density at radius 3 is 2.42 bits per heavy atom. The fourth-order valence-corrected chi connectivity index (χ4v) is 3.91. The number of aliphatic hydroxyl groups is 1. The predicted octanol–water partition coefficient (Wildman–Crippen LogP) is 2.25. The number of aromatic hydroxyl groups is 1. The van der Waals surface area contributed by atoms with Crippen molar-refractivity contribution in [2.75, 3.05) is 19.7 Å². The summed E-state index contributed by atoms with van der Waals surface area (Å²) in [5, 5.41) is 21.4. The summed E-state index contributed by atoms with van der Waals surface area (Å²) >= 11 is 0. The summed E-state index contributed by atoms with van der Waals surface area (Å²) in [6, 6.07) is 10.3. The van der Waals surface area contributed by atoms with Crippen LogP contribution in [0.1, 0.15) is 24.4 Å². The molecule has 3 rings (SSSR count). The maximum absolute atomic E-state index is 12.4. The van der Waals surface area contributed by atoms with Crippen LogP contribution in [0.3, 0.4) is 0 Å². The van der Waals surface area contributed by atoms with Crippen molar-refractivity contribution in [3.63, 3.8) is 0 Å². The van der Waals surface area contributed by atoms with Crippen molar-refractivity contribution in [1.82, 2.24) is 4.90 Å². The molecular weight excluding hydrogens is 417 g/mol. The lowest BCUT2D eigenvalue weighted by molar-refractivity contribution is -0.208. The van der Waals surface area contributed by atoms with Crippen LogP contribution in [0.15, 0.2) is 36.4 Å². The normalized spacial score (nSPS) is 17.4. The molecular formula is C21H23F3N2O5. The summed E-state index contributed by atoms with van der Waals surface area (Å²) in [5.41, 5.74) is 7.07. The van der Waals surface area contributed by atoms with Crippen LogP contribution in [0.25, 0.3) is 10.8 Å². The number of piperidine rings is 1. The molecule has 0 aliphatic carbocycles. The van der Waals surface area contributed by atoms with E-state index in [9.17, 15) is 33.0 Å². The van der Waals surface area contributed by atoms with E-state index >= 15 is 0 Å². The molecule has 2 aromatic rings. The number of alkyl halides is 3. The first-order valence-corrected chi connectivity index (χ1v) is 9.77. The van der Waals surface area contributed by atoms with E-state index in [1.165, 1.54) is 4.90 Å². The van der Waals surface area contributed by atoms with Crippen LogP contribution in [0.5, 0.6) is 5.75 Å². The number of likely N-dealkylation sites (tertiary alicyclic amines) is 1. The monoisotopic (exact) mass is 440 g/mol. The largest absolute Gasteiger partial charge is 0.508 e. The molecule has 0 saturated carbocycles. The number of phenolic OH excluding ortho intramolecular Hbond substituents is 1. The van der Waals surface area contributed by atoms with E-state index in [0.29, 0.717) is 18.4 Å². The number of hydrogen-bond donors (Lipinski definition) is 3. The van der Waals surface area contributed by atoms with Crippen molar-refractivity contribution in [3.05, 3.63) is 42.0 Å². The number of amides is 1. The molecule has 1 aliphatic rings. The van der Waals surface area contributed by atoms with Gasteiger partial charge < -0.3 is 25.6 Å².